The van der Waals surface area contributed by atoms with Gasteiger partial charge in [0.05, 0.1) is 5.56 Å². The lowest BCUT2D eigenvalue weighted by Crippen LogP contribution is -2.59. The molecule has 2 aliphatic rings. The van der Waals surface area contributed by atoms with Crippen LogP contribution in [0, 0.1) is 11.6 Å². The van der Waals surface area contributed by atoms with Crippen molar-refractivity contribution < 1.29 is 13.6 Å². The predicted molar refractivity (Wildman–Crippen MR) is 81.8 cm³/mol. The fourth-order valence-corrected chi connectivity index (χ4v) is 3.51. The molecular formula is C14H16BrClF2N2O. The van der Waals surface area contributed by atoms with Gasteiger partial charge in [0.15, 0.2) is 11.6 Å². The number of amides is 1. The van der Waals surface area contributed by atoms with Gasteiger partial charge in [-0.25, -0.2) is 8.78 Å². The molecule has 2 unspecified atom stereocenters. The van der Waals surface area contributed by atoms with Crippen LogP contribution in [0.4, 0.5) is 8.78 Å². The first-order valence-corrected chi connectivity index (χ1v) is 7.54. The van der Waals surface area contributed by atoms with Crippen LogP contribution < -0.4 is 5.32 Å². The minimum absolute atomic E-state index is 0. The van der Waals surface area contributed by atoms with Gasteiger partial charge in [0.1, 0.15) is 0 Å². The molecule has 2 aliphatic heterocycles. The Balaban J connectivity index is 0.00000161. The lowest BCUT2D eigenvalue weighted by atomic mass is 9.94. The zero-order valence-corrected chi connectivity index (χ0v) is 13.6. The summed E-state index contributed by atoms with van der Waals surface area (Å²) in [4.78, 5) is 14.2. The molecule has 2 fully saturated rings. The quantitative estimate of drug-likeness (QED) is 0.758. The van der Waals surface area contributed by atoms with E-state index in [1.807, 2.05) is 0 Å². The van der Waals surface area contributed by atoms with Crippen LogP contribution in [0.15, 0.2) is 16.6 Å². The Labute approximate surface area is 136 Å². The standard InChI is InChI=1S/C14H15BrF2N2O.ClH/c15-11-5-13(17)12(16)4-10(11)14(20)19-6-8-2-1-3-9(7-19)18-8;/h4-5,8-9,18H,1-3,6-7H2;1H. The number of hydrogen-bond acceptors (Lipinski definition) is 2. The Morgan fingerprint density at radius 2 is 1.76 bits per heavy atom. The molecule has 1 aromatic carbocycles. The van der Waals surface area contributed by atoms with Crippen molar-refractivity contribution in [3.05, 3.63) is 33.8 Å². The van der Waals surface area contributed by atoms with Gasteiger partial charge in [-0.1, -0.05) is 6.42 Å². The number of likely N-dealkylation sites (tertiary alicyclic amines) is 1. The molecule has 7 heteroatoms. The van der Waals surface area contributed by atoms with Gasteiger partial charge in [0, 0.05) is 29.6 Å². The molecular weight excluding hydrogens is 366 g/mol. The van der Waals surface area contributed by atoms with Crippen LogP contribution in [0.1, 0.15) is 29.6 Å². The average molecular weight is 382 g/mol. The van der Waals surface area contributed by atoms with Crippen LogP contribution in [0.3, 0.4) is 0 Å². The van der Waals surface area contributed by atoms with Crippen molar-refractivity contribution in [2.24, 2.45) is 0 Å². The number of rotatable bonds is 1. The second-order valence-electron chi connectivity index (χ2n) is 5.45. The van der Waals surface area contributed by atoms with E-state index in [-0.39, 0.29) is 23.9 Å². The van der Waals surface area contributed by atoms with Crippen molar-refractivity contribution in [1.29, 1.82) is 0 Å². The molecule has 0 saturated carbocycles. The summed E-state index contributed by atoms with van der Waals surface area (Å²) in [5, 5.41) is 3.48. The minimum atomic E-state index is -0.994. The molecule has 2 saturated heterocycles. The summed E-state index contributed by atoms with van der Waals surface area (Å²) in [5.74, 6) is -2.19. The van der Waals surface area contributed by atoms with Crippen molar-refractivity contribution in [1.82, 2.24) is 10.2 Å². The summed E-state index contributed by atoms with van der Waals surface area (Å²) in [7, 11) is 0. The molecule has 2 atom stereocenters. The molecule has 116 valence electrons. The molecule has 21 heavy (non-hydrogen) atoms. The first-order chi connectivity index (χ1) is 9.54. The lowest BCUT2D eigenvalue weighted by molar-refractivity contribution is 0.0606. The maximum Gasteiger partial charge on any atom is 0.255 e. The fourth-order valence-electron chi connectivity index (χ4n) is 3.03. The van der Waals surface area contributed by atoms with Gasteiger partial charge in [-0.2, -0.15) is 0 Å². The molecule has 0 aliphatic carbocycles. The highest BCUT2D eigenvalue weighted by Crippen LogP contribution is 2.25. The van der Waals surface area contributed by atoms with Gasteiger partial charge in [-0.3, -0.25) is 4.79 Å². The number of piperazine rings is 1. The van der Waals surface area contributed by atoms with E-state index in [9.17, 15) is 13.6 Å². The number of carbonyl (C=O) groups excluding carboxylic acids is 1. The van der Waals surface area contributed by atoms with E-state index in [2.05, 4.69) is 21.2 Å². The third-order valence-corrected chi connectivity index (χ3v) is 4.64. The van der Waals surface area contributed by atoms with Gasteiger partial charge in [0.2, 0.25) is 0 Å². The number of nitrogens with zero attached hydrogens (tertiary/aromatic N) is 1. The SMILES string of the molecule is Cl.O=C(c1cc(F)c(F)cc1Br)N1CC2CCCC(C1)N2. The summed E-state index contributed by atoms with van der Waals surface area (Å²) in [6.07, 6.45) is 3.29. The minimum Gasteiger partial charge on any atom is -0.335 e. The van der Waals surface area contributed by atoms with Crippen LogP contribution in [0.25, 0.3) is 0 Å². The summed E-state index contributed by atoms with van der Waals surface area (Å²) in [5.41, 5.74) is 0.184. The molecule has 2 bridgehead atoms. The molecule has 3 rings (SSSR count). The lowest BCUT2D eigenvalue weighted by Gasteiger charge is -2.42. The largest absolute Gasteiger partial charge is 0.335 e. The fraction of sp³-hybridized carbons (Fsp3) is 0.500. The molecule has 1 N–H and O–H groups in total. The summed E-state index contributed by atoms with van der Waals surface area (Å²) in [6, 6.07) is 2.61. The first-order valence-electron chi connectivity index (χ1n) is 6.74. The normalized spacial score (nSPS) is 24.4. The second kappa shape index (κ2) is 6.58. The van der Waals surface area contributed by atoms with Crippen molar-refractivity contribution in [2.75, 3.05) is 13.1 Å². The van der Waals surface area contributed by atoms with E-state index in [0.29, 0.717) is 29.6 Å². The Morgan fingerprint density at radius 3 is 2.38 bits per heavy atom. The maximum absolute atomic E-state index is 13.3. The summed E-state index contributed by atoms with van der Waals surface area (Å²) in [6.45, 7) is 1.25. The highest BCUT2D eigenvalue weighted by atomic mass is 79.9. The number of halogens is 4. The van der Waals surface area contributed by atoms with Crippen molar-refractivity contribution in [2.45, 2.75) is 31.3 Å². The smallest absolute Gasteiger partial charge is 0.255 e. The summed E-state index contributed by atoms with van der Waals surface area (Å²) >= 11 is 3.14. The zero-order valence-electron chi connectivity index (χ0n) is 11.2. The van der Waals surface area contributed by atoms with Gasteiger partial charge >= 0.3 is 0 Å². The molecule has 1 amide bonds. The van der Waals surface area contributed by atoms with E-state index < -0.39 is 11.6 Å². The van der Waals surface area contributed by atoms with Crippen LogP contribution in [-0.2, 0) is 0 Å². The van der Waals surface area contributed by atoms with Crippen LogP contribution >= 0.6 is 28.3 Å². The average Bonchev–Trinajstić information content (AvgIpc) is 2.41. The van der Waals surface area contributed by atoms with Gasteiger partial charge in [-0.15, -0.1) is 12.4 Å². The maximum atomic E-state index is 13.3. The second-order valence-corrected chi connectivity index (χ2v) is 6.30. The van der Waals surface area contributed by atoms with E-state index >= 15 is 0 Å². The number of piperidine rings is 1. The monoisotopic (exact) mass is 380 g/mol. The Morgan fingerprint density at radius 1 is 1.19 bits per heavy atom. The number of fused-ring (bicyclic) bond motifs is 2. The van der Waals surface area contributed by atoms with Gasteiger partial charge < -0.3 is 10.2 Å². The van der Waals surface area contributed by atoms with Crippen LogP contribution in [0.5, 0.6) is 0 Å². The van der Waals surface area contributed by atoms with Crippen molar-refractivity contribution in [3.8, 4) is 0 Å². The molecule has 1 aromatic rings. The molecule has 2 heterocycles. The highest BCUT2D eigenvalue weighted by Gasteiger charge is 2.33. The highest BCUT2D eigenvalue weighted by molar-refractivity contribution is 9.10. The van der Waals surface area contributed by atoms with E-state index in [0.717, 1.165) is 25.0 Å². The number of benzene rings is 1. The Hall–Kier alpha value is -0.720. The third kappa shape index (κ3) is 3.38. The number of carbonyl (C=O) groups is 1. The molecule has 0 aromatic heterocycles. The predicted octanol–water partition coefficient (Wildman–Crippen LogP) is 3.12. The van der Waals surface area contributed by atoms with E-state index in [1.165, 1.54) is 6.42 Å². The molecule has 3 nitrogen and oxygen atoms in total. The Bertz CT molecular complexity index is 546. The molecule has 0 spiro atoms. The topological polar surface area (TPSA) is 32.3 Å². The van der Waals surface area contributed by atoms with Gasteiger partial charge in [-0.05, 0) is 40.9 Å². The van der Waals surface area contributed by atoms with Crippen LogP contribution in [-0.4, -0.2) is 36.0 Å². The van der Waals surface area contributed by atoms with Gasteiger partial charge in [0.25, 0.3) is 5.91 Å². The van der Waals surface area contributed by atoms with E-state index in [4.69, 9.17) is 0 Å². The van der Waals surface area contributed by atoms with E-state index in [1.54, 1.807) is 4.90 Å². The molecule has 0 radical (unpaired) electrons. The number of hydrogen-bond donors (Lipinski definition) is 1. The first kappa shape index (κ1) is 16.6. The third-order valence-electron chi connectivity index (χ3n) is 3.99. The van der Waals surface area contributed by atoms with Crippen molar-refractivity contribution >= 4 is 34.2 Å². The summed E-state index contributed by atoms with van der Waals surface area (Å²) < 4.78 is 26.7. The Kier molecular flexibility index (Phi) is 5.22. The number of nitrogens with one attached hydrogen (secondary N) is 1. The van der Waals surface area contributed by atoms with Crippen LogP contribution in [0.2, 0.25) is 0 Å². The van der Waals surface area contributed by atoms with Crippen molar-refractivity contribution in [3.63, 3.8) is 0 Å². The zero-order chi connectivity index (χ0) is 14.3.